The summed E-state index contributed by atoms with van der Waals surface area (Å²) in [5, 5.41) is 3.29. The van der Waals surface area contributed by atoms with Crippen LogP contribution < -0.4 is 10.1 Å². The van der Waals surface area contributed by atoms with Gasteiger partial charge in [-0.15, -0.1) is 0 Å². The summed E-state index contributed by atoms with van der Waals surface area (Å²) >= 11 is 3.66. The third-order valence-electron chi connectivity index (χ3n) is 3.45. The molecule has 0 amide bonds. The Morgan fingerprint density at radius 3 is 2.50 bits per heavy atom. The maximum absolute atomic E-state index is 5.46. The van der Waals surface area contributed by atoms with Crippen molar-refractivity contribution in [2.75, 3.05) is 20.7 Å². The van der Waals surface area contributed by atoms with Crippen molar-refractivity contribution in [1.82, 2.24) is 5.32 Å². The Balaban J connectivity index is 2.28. The molecule has 0 bridgehead atoms. The van der Waals surface area contributed by atoms with Crippen molar-refractivity contribution in [1.29, 1.82) is 0 Å². The van der Waals surface area contributed by atoms with Crippen molar-refractivity contribution < 1.29 is 4.74 Å². The topological polar surface area (TPSA) is 21.3 Å². The van der Waals surface area contributed by atoms with Gasteiger partial charge in [-0.2, -0.15) is 0 Å². The molecule has 1 N–H and O–H groups in total. The Hall–Kier alpha value is -1.32. The van der Waals surface area contributed by atoms with Crippen molar-refractivity contribution in [2.45, 2.75) is 12.3 Å². The summed E-state index contributed by atoms with van der Waals surface area (Å²) in [7, 11) is 3.72. The van der Waals surface area contributed by atoms with Gasteiger partial charge < -0.3 is 10.1 Å². The first-order valence-corrected chi connectivity index (χ1v) is 7.56. The summed E-state index contributed by atoms with van der Waals surface area (Å²) in [5.74, 6) is 1.37. The van der Waals surface area contributed by atoms with E-state index in [1.165, 1.54) is 11.1 Å². The van der Waals surface area contributed by atoms with Crippen LogP contribution in [0.5, 0.6) is 5.75 Å². The Morgan fingerprint density at radius 1 is 1.10 bits per heavy atom. The zero-order chi connectivity index (χ0) is 14.4. The third-order valence-corrected chi connectivity index (χ3v) is 4.18. The minimum atomic E-state index is 0.409. The third kappa shape index (κ3) is 3.62. The van der Waals surface area contributed by atoms with Crippen LogP contribution in [-0.4, -0.2) is 20.7 Å². The molecule has 0 saturated carbocycles. The lowest BCUT2D eigenvalue weighted by atomic mass is 9.91. The van der Waals surface area contributed by atoms with E-state index in [1.807, 2.05) is 25.2 Å². The monoisotopic (exact) mass is 333 g/mol. The van der Waals surface area contributed by atoms with Crippen LogP contribution in [0.2, 0.25) is 0 Å². The van der Waals surface area contributed by atoms with Crippen LogP contribution in [0.1, 0.15) is 17.0 Å². The molecule has 1 atom stereocenters. The quantitative estimate of drug-likeness (QED) is 0.862. The molecule has 0 aromatic heterocycles. The average molecular weight is 334 g/mol. The Morgan fingerprint density at radius 2 is 1.80 bits per heavy atom. The minimum Gasteiger partial charge on any atom is -0.496 e. The smallest absolute Gasteiger partial charge is 0.122 e. The molecule has 0 aliphatic carbocycles. The summed E-state index contributed by atoms with van der Waals surface area (Å²) in [6.45, 7) is 0.931. The summed E-state index contributed by atoms with van der Waals surface area (Å²) in [6.07, 6.45) is 0.952. The van der Waals surface area contributed by atoms with E-state index < -0.39 is 0 Å². The van der Waals surface area contributed by atoms with E-state index in [9.17, 15) is 0 Å². The van der Waals surface area contributed by atoms with E-state index >= 15 is 0 Å². The number of rotatable bonds is 6. The molecule has 3 heteroatoms. The largest absolute Gasteiger partial charge is 0.496 e. The van der Waals surface area contributed by atoms with Gasteiger partial charge in [-0.3, -0.25) is 0 Å². The van der Waals surface area contributed by atoms with Gasteiger partial charge in [0.05, 0.1) is 7.11 Å². The van der Waals surface area contributed by atoms with E-state index in [4.69, 9.17) is 4.74 Å². The molecule has 0 spiro atoms. The second-order valence-electron chi connectivity index (χ2n) is 4.79. The standard InChI is InChI=1S/C17H20BrNO/c1-19-12-14(15-8-4-5-9-16(15)18)11-13-7-3-6-10-17(13)20-2/h3-10,14,19H,11-12H2,1-2H3. The molecule has 0 heterocycles. The summed E-state index contributed by atoms with van der Waals surface area (Å²) in [6, 6.07) is 16.6. The van der Waals surface area contributed by atoms with Gasteiger partial charge in [-0.1, -0.05) is 52.3 Å². The maximum atomic E-state index is 5.46. The predicted octanol–water partition coefficient (Wildman–Crippen LogP) is 4.00. The SMILES string of the molecule is CNCC(Cc1ccccc1OC)c1ccccc1Br. The molecular formula is C17H20BrNO. The number of hydrogen-bond acceptors (Lipinski definition) is 2. The molecule has 0 saturated heterocycles. The number of benzene rings is 2. The highest BCUT2D eigenvalue weighted by atomic mass is 79.9. The van der Waals surface area contributed by atoms with Gasteiger partial charge >= 0.3 is 0 Å². The maximum Gasteiger partial charge on any atom is 0.122 e. The predicted molar refractivity (Wildman–Crippen MR) is 87.5 cm³/mol. The lowest BCUT2D eigenvalue weighted by Gasteiger charge is -2.20. The second-order valence-corrected chi connectivity index (χ2v) is 5.65. The number of nitrogens with one attached hydrogen (secondary N) is 1. The van der Waals surface area contributed by atoms with Gasteiger partial charge in [0.15, 0.2) is 0 Å². The van der Waals surface area contributed by atoms with E-state index in [0.29, 0.717) is 5.92 Å². The molecular weight excluding hydrogens is 314 g/mol. The number of hydrogen-bond donors (Lipinski definition) is 1. The van der Waals surface area contributed by atoms with Gasteiger partial charge in [-0.05, 0) is 36.7 Å². The zero-order valence-electron chi connectivity index (χ0n) is 11.9. The van der Waals surface area contributed by atoms with Crippen LogP contribution in [0, 0.1) is 0 Å². The molecule has 0 fully saturated rings. The summed E-state index contributed by atoms with van der Waals surface area (Å²) in [5.41, 5.74) is 2.57. The lowest BCUT2D eigenvalue weighted by molar-refractivity contribution is 0.407. The van der Waals surface area contributed by atoms with Crippen molar-refractivity contribution >= 4 is 15.9 Å². The first kappa shape index (κ1) is 15.1. The number of ether oxygens (including phenoxy) is 1. The van der Waals surface area contributed by atoms with Gasteiger partial charge in [0, 0.05) is 16.9 Å². The molecule has 106 valence electrons. The highest BCUT2D eigenvalue weighted by Gasteiger charge is 2.16. The Bertz CT molecular complexity index is 556. The fourth-order valence-corrected chi connectivity index (χ4v) is 3.09. The fourth-order valence-electron chi connectivity index (χ4n) is 2.48. The highest BCUT2D eigenvalue weighted by Crippen LogP contribution is 2.30. The molecule has 2 aromatic carbocycles. The number of methoxy groups -OCH3 is 1. The van der Waals surface area contributed by atoms with E-state index in [0.717, 1.165) is 23.2 Å². The van der Waals surface area contributed by atoms with Crippen LogP contribution in [0.25, 0.3) is 0 Å². The Kier molecular flexibility index (Phi) is 5.62. The first-order chi connectivity index (χ1) is 9.76. The first-order valence-electron chi connectivity index (χ1n) is 6.77. The highest BCUT2D eigenvalue weighted by molar-refractivity contribution is 9.10. The molecule has 0 aliphatic rings. The Labute approximate surface area is 129 Å². The van der Waals surface area contributed by atoms with Gasteiger partial charge in [0.1, 0.15) is 5.75 Å². The molecule has 20 heavy (non-hydrogen) atoms. The van der Waals surface area contributed by atoms with E-state index in [-0.39, 0.29) is 0 Å². The number of likely N-dealkylation sites (N-methyl/N-ethyl adjacent to an activating group) is 1. The molecule has 0 aliphatic heterocycles. The van der Waals surface area contributed by atoms with Crippen molar-refractivity contribution in [3.63, 3.8) is 0 Å². The van der Waals surface area contributed by atoms with E-state index in [1.54, 1.807) is 7.11 Å². The summed E-state index contributed by atoms with van der Waals surface area (Å²) < 4.78 is 6.62. The van der Waals surface area contributed by atoms with Crippen LogP contribution >= 0.6 is 15.9 Å². The molecule has 2 nitrogen and oxygen atoms in total. The lowest BCUT2D eigenvalue weighted by Crippen LogP contribution is -2.19. The van der Waals surface area contributed by atoms with Gasteiger partial charge in [0.25, 0.3) is 0 Å². The van der Waals surface area contributed by atoms with Gasteiger partial charge in [0.2, 0.25) is 0 Å². The van der Waals surface area contributed by atoms with Crippen LogP contribution in [0.3, 0.4) is 0 Å². The molecule has 1 unspecified atom stereocenters. The molecule has 2 rings (SSSR count). The van der Waals surface area contributed by atoms with Crippen LogP contribution in [0.4, 0.5) is 0 Å². The van der Waals surface area contributed by atoms with Crippen molar-refractivity contribution in [2.24, 2.45) is 0 Å². The van der Waals surface area contributed by atoms with Crippen molar-refractivity contribution in [3.8, 4) is 5.75 Å². The molecule has 2 aromatic rings. The minimum absolute atomic E-state index is 0.409. The summed E-state index contributed by atoms with van der Waals surface area (Å²) in [4.78, 5) is 0. The van der Waals surface area contributed by atoms with Crippen LogP contribution in [0.15, 0.2) is 53.0 Å². The number of halogens is 1. The zero-order valence-corrected chi connectivity index (χ0v) is 13.5. The van der Waals surface area contributed by atoms with Crippen molar-refractivity contribution in [3.05, 3.63) is 64.1 Å². The fraction of sp³-hybridized carbons (Fsp3) is 0.294. The normalized spacial score (nSPS) is 12.2. The van der Waals surface area contributed by atoms with Gasteiger partial charge in [-0.25, -0.2) is 0 Å². The number of para-hydroxylation sites is 1. The van der Waals surface area contributed by atoms with E-state index in [2.05, 4.69) is 51.6 Å². The van der Waals surface area contributed by atoms with Crippen LogP contribution in [-0.2, 0) is 6.42 Å². The average Bonchev–Trinajstić information content (AvgIpc) is 2.48. The molecule has 0 radical (unpaired) electrons. The second kappa shape index (κ2) is 7.46.